The Morgan fingerprint density at radius 2 is 2.52 bits per heavy atom. The van der Waals surface area contributed by atoms with Crippen LogP contribution in [0.2, 0.25) is 0 Å². The predicted molar refractivity (Wildman–Crippen MR) is 81.4 cm³/mol. The number of hydrogen-bond donors (Lipinski definition) is 2. The van der Waals surface area contributed by atoms with Gasteiger partial charge in [0.2, 0.25) is 0 Å². The van der Waals surface area contributed by atoms with Crippen LogP contribution in [0, 0.1) is 0 Å². The number of rotatable bonds is 4. The summed E-state index contributed by atoms with van der Waals surface area (Å²) in [6.45, 7) is 3.91. The van der Waals surface area contributed by atoms with Crippen molar-refractivity contribution >= 4 is 17.2 Å². The van der Waals surface area contributed by atoms with Gasteiger partial charge in [0.15, 0.2) is 0 Å². The number of carbonyl (C=O) groups is 1. The van der Waals surface area contributed by atoms with Gasteiger partial charge in [-0.1, -0.05) is 0 Å². The van der Waals surface area contributed by atoms with Crippen LogP contribution in [0.5, 0.6) is 0 Å². The number of piperidine rings is 1. The van der Waals surface area contributed by atoms with Crippen LogP contribution in [-0.2, 0) is 0 Å². The van der Waals surface area contributed by atoms with Gasteiger partial charge in [-0.15, -0.1) is 11.3 Å². The Morgan fingerprint density at radius 1 is 1.62 bits per heavy atom. The minimum Gasteiger partial charge on any atom is -0.342 e. The summed E-state index contributed by atoms with van der Waals surface area (Å²) in [4.78, 5) is 16.4. The van der Waals surface area contributed by atoms with E-state index in [9.17, 15) is 4.79 Å². The molecule has 3 heterocycles. The number of nitrogens with one attached hydrogen (secondary N) is 2. The van der Waals surface area contributed by atoms with Crippen molar-refractivity contribution in [2.24, 2.45) is 0 Å². The van der Waals surface area contributed by atoms with E-state index in [1.54, 1.807) is 12.3 Å². The quantitative estimate of drug-likeness (QED) is 0.903. The average Bonchev–Trinajstić information content (AvgIpc) is 3.20. The lowest BCUT2D eigenvalue weighted by atomic mass is 10.1. The molecule has 2 unspecified atom stereocenters. The van der Waals surface area contributed by atoms with Crippen LogP contribution in [0.25, 0.3) is 0 Å². The lowest BCUT2D eigenvalue weighted by Gasteiger charge is -2.22. The monoisotopic (exact) mass is 305 g/mol. The summed E-state index contributed by atoms with van der Waals surface area (Å²) >= 11 is 1.54. The van der Waals surface area contributed by atoms with Gasteiger partial charge in [-0.2, -0.15) is 5.10 Å². The first-order chi connectivity index (χ1) is 10.2. The fraction of sp³-hybridized carbons (Fsp3) is 0.500. The Kier molecular flexibility index (Phi) is 4.31. The van der Waals surface area contributed by atoms with Crippen LogP contribution < -0.4 is 10.6 Å². The van der Waals surface area contributed by atoms with E-state index in [1.807, 2.05) is 23.2 Å². The molecule has 1 aliphatic rings. The van der Waals surface area contributed by atoms with Gasteiger partial charge in [0.1, 0.15) is 10.7 Å². The van der Waals surface area contributed by atoms with E-state index >= 15 is 0 Å². The van der Waals surface area contributed by atoms with Crippen molar-refractivity contribution in [1.82, 2.24) is 25.4 Å². The maximum Gasteiger partial charge on any atom is 0.272 e. The van der Waals surface area contributed by atoms with Gasteiger partial charge < -0.3 is 10.6 Å². The van der Waals surface area contributed by atoms with Crippen LogP contribution in [-0.4, -0.2) is 33.8 Å². The van der Waals surface area contributed by atoms with Crippen LogP contribution in [0.15, 0.2) is 23.8 Å². The van der Waals surface area contributed by atoms with Gasteiger partial charge >= 0.3 is 0 Å². The fourth-order valence-corrected chi connectivity index (χ4v) is 3.15. The summed E-state index contributed by atoms with van der Waals surface area (Å²) in [5.41, 5.74) is 0.462. The number of hydrogen-bond acceptors (Lipinski definition) is 5. The largest absolute Gasteiger partial charge is 0.342 e. The molecule has 0 aliphatic carbocycles. The maximum absolute atomic E-state index is 12.2. The standard InChI is InChI=1S/C14H19N5OS/c1-10(14-16-6-8-21-14)17-13(20)12-4-7-19(18-12)11-3-2-5-15-9-11/h4,6-8,10-11,15H,2-3,5,9H2,1H3,(H,17,20). The topological polar surface area (TPSA) is 71.8 Å². The summed E-state index contributed by atoms with van der Waals surface area (Å²) in [5.74, 6) is -0.153. The first-order valence-electron chi connectivity index (χ1n) is 7.20. The molecule has 0 aromatic carbocycles. The molecular formula is C14H19N5OS. The van der Waals surface area contributed by atoms with Crippen molar-refractivity contribution in [3.63, 3.8) is 0 Å². The summed E-state index contributed by atoms with van der Waals surface area (Å²) in [6, 6.07) is 2.02. The molecule has 0 spiro atoms. The maximum atomic E-state index is 12.2. The Morgan fingerprint density at radius 3 is 3.24 bits per heavy atom. The molecule has 3 rings (SSSR count). The fourth-order valence-electron chi connectivity index (χ4n) is 2.50. The van der Waals surface area contributed by atoms with Crippen molar-refractivity contribution in [1.29, 1.82) is 0 Å². The summed E-state index contributed by atoms with van der Waals surface area (Å²) < 4.78 is 1.90. The molecule has 2 atom stereocenters. The van der Waals surface area contributed by atoms with Gasteiger partial charge in [-0.05, 0) is 32.4 Å². The second-order valence-electron chi connectivity index (χ2n) is 5.25. The van der Waals surface area contributed by atoms with Crippen LogP contribution in [0.4, 0.5) is 0 Å². The molecular weight excluding hydrogens is 286 g/mol. The lowest BCUT2D eigenvalue weighted by Crippen LogP contribution is -2.32. The Labute approximate surface area is 127 Å². The molecule has 0 bridgehead atoms. The third-order valence-electron chi connectivity index (χ3n) is 3.66. The Balaban J connectivity index is 1.63. The van der Waals surface area contributed by atoms with E-state index in [2.05, 4.69) is 20.7 Å². The number of aromatic nitrogens is 3. The zero-order chi connectivity index (χ0) is 14.7. The smallest absolute Gasteiger partial charge is 0.272 e. The highest BCUT2D eigenvalue weighted by molar-refractivity contribution is 7.09. The molecule has 7 heteroatoms. The molecule has 2 aromatic heterocycles. The van der Waals surface area contributed by atoms with E-state index in [4.69, 9.17) is 0 Å². The van der Waals surface area contributed by atoms with E-state index in [1.165, 1.54) is 11.3 Å². The molecule has 0 radical (unpaired) electrons. The van der Waals surface area contributed by atoms with Crippen molar-refractivity contribution in [2.45, 2.75) is 31.8 Å². The normalized spacial score (nSPS) is 20.1. The minimum absolute atomic E-state index is 0.0982. The lowest BCUT2D eigenvalue weighted by molar-refractivity contribution is 0.0933. The molecule has 1 aliphatic heterocycles. The van der Waals surface area contributed by atoms with Gasteiger partial charge in [0.25, 0.3) is 5.91 Å². The molecule has 112 valence electrons. The Bertz CT molecular complexity index is 588. The first-order valence-corrected chi connectivity index (χ1v) is 8.08. The van der Waals surface area contributed by atoms with Gasteiger partial charge in [-0.25, -0.2) is 4.98 Å². The van der Waals surface area contributed by atoms with Crippen molar-refractivity contribution < 1.29 is 4.79 Å². The third kappa shape index (κ3) is 3.30. The summed E-state index contributed by atoms with van der Waals surface area (Å²) in [6.07, 6.45) is 5.88. The number of thiazole rings is 1. The van der Waals surface area contributed by atoms with Crippen LogP contribution in [0.1, 0.15) is 47.3 Å². The number of amides is 1. The number of nitrogens with zero attached hydrogens (tertiary/aromatic N) is 3. The molecule has 21 heavy (non-hydrogen) atoms. The van der Waals surface area contributed by atoms with Crippen molar-refractivity contribution in [3.05, 3.63) is 34.5 Å². The van der Waals surface area contributed by atoms with Crippen LogP contribution in [0.3, 0.4) is 0 Å². The Hall–Kier alpha value is -1.73. The highest BCUT2D eigenvalue weighted by Gasteiger charge is 2.19. The van der Waals surface area contributed by atoms with E-state index in [-0.39, 0.29) is 11.9 Å². The molecule has 2 aromatic rings. The molecule has 2 N–H and O–H groups in total. The zero-order valence-electron chi connectivity index (χ0n) is 12.0. The molecule has 6 nitrogen and oxygen atoms in total. The third-order valence-corrected chi connectivity index (χ3v) is 4.61. The summed E-state index contributed by atoms with van der Waals surface area (Å²) in [5, 5.41) is 13.5. The minimum atomic E-state index is -0.153. The highest BCUT2D eigenvalue weighted by Crippen LogP contribution is 2.17. The predicted octanol–water partition coefficient (Wildman–Crippen LogP) is 1.76. The first kappa shape index (κ1) is 14.2. The SMILES string of the molecule is CC(NC(=O)c1ccn(C2CCCNC2)n1)c1nccs1. The number of carbonyl (C=O) groups excluding carboxylic acids is 1. The molecule has 1 amide bonds. The van der Waals surface area contributed by atoms with E-state index in [0.29, 0.717) is 11.7 Å². The van der Waals surface area contributed by atoms with Crippen molar-refractivity contribution in [3.8, 4) is 0 Å². The van der Waals surface area contributed by atoms with E-state index in [0.717, 1.165) is 30.9 Å². The van der Waals surface area contributed by atoms with Gasteiger partial charge in [0, 0.05) is 24.3 Å². The second kappa shape index (κ2) is 6.36. The van der Waals surface area contributed by atoms with Crippen molar-refractivity contribution in [2.75, 3.05) is 13.1 Å². The molecule has 0 saturated carbocycles. The van der Waals surface area contributed by atoms with Gasteiger partial charge in [-0.3, -0.25) is 9.48 Å². The molecule has 1 saturated heterocycles. The zero-order valence-corrected chi connectivity index (χ0v) is 12.8. The average molecular weight is 305 g/mol. The highest BCUT2D eigenvalue weighted by atomic mass is 32.1. The second-order valence-corrected chi connectivity index (χ2v) is 6.17. The summed E-state index contributed by atoms with van der Waals surface area (Å²) in [7, 11) is 0. The van der Waals surface area contributed by atoms with Crippen LogP contribution >= 0.6 is 11.3 Å². The van der Waals surface area contributed by atoms with Gasteiger partial charge in [0.05, 0.1) is 12.1 Å². The van der Waals surface area contributed by atoms with E-state index < -0.39 is 0 Å². The molecule has 1 fully saturated rings.